The van der Waals surface area contributed by atoms with Gasteiger partial charge in [-0.2, -0.15) is 0 Å². The molecule has 2 rings (SSSR count). The Morgan fingerprint density at radius 3 is 2.37 bits per heavy atom. The van der Waals surface area contributed by atoms with Crippen LogP contribution in [-0.2, 0) is 10.0 Å². The van der Waals surface area contributed by atoms with E-state index in [1.54, 1.807) is 18.2 Å². The number of sulfonamides is 1. The number of benzene rings is 1. The molecule has 0 aliphatic heterocycles. The second kappa shape index (κ2) is 5.64. The van der Waals surface area contributed by atoms with Crippen molar-refractivity contribution in [2.24, 2.45) is 0 Å². The second-order valence-corrected chi connectivity index (χ2v) is 8.49. The van der Waals surface area contributed by atoms with Gasteiger partial charge < -0.3 is 0 Å². The molecule has 0 bridgehead atoms. The summed E-state index contributed by atoms with van der Waals surface area (Å²) in [7, 11) is -3.48. The highest BCUT2D eigenvalue weighted by atomic mass is 79.9. The summed E-state index contributed by atoms with van der Waals surface area (Å²) in [5.74, 6) is 0. The van der Waals surface area contributed by atoms with Crippen LogP contribution in [-0.4, -0.2) is 15.0 Å². The van der Waals surface area contributed by atoms with Crippen LogP contribution in [0.3, 0.4) is 0 Å². The van der Waals surface area contributed by atoms with E-state index in [1.807, 2.05) is 32.0 Å². The van der Waals surface area contributed by atoms with Crippen LogP contribution in [0.2, 0.25) is 0 Å². The summed E-state index contributed by atoms with van der Waals surface area (Å²) in [6, 6.07) is 10.9. The van der Waals surface area contributed by atoms with E-state index in [9.17, 15) is 8.42 Å². The van der Waals surface area contributed by atoms with E-state index in [4.69, 9.17) is 0 Å². The molecule has 0 radical (unpaired) electrons. The number of hydrogen-bond acceptors (Lipinski definition) is 3. The molecule has 1 heterocycles. The maximum atomic E-state index is 12.6. The van der Waals surface area contributed by atoms with Crippen molar-refractivity contribution in [1.82, 2.24) is 0 Å². The van der Waals surface area contributed by atoms with Gasteiger partial charge in [0.15, 0.2) is 0 Å². The van der Waals surface area contributed by atoms with Crippen molar-refractivity contribution in [3.05, 3.63) is 45.7 Å². The van der Waals surface area contributed by atoms with E-state index >= 15 is 0 Å². The quantitative estimate of drug-likeness (QED) is 0.825. The average molecular weight is 360 g/mol. The summed E-state index contributed by atoms with van der Waals surface area (Å²) in [6.07, 6.45) is 0. The lowest BCUT2D eigenvalue weighted by Gasteiger charge is -2.21. The van der Waals surface area contributed by atoms with E-state index in [-0.39, 0.29) is 0 Å². The Morgan fingerprint density at radius 2 is 1.89 bits per heavy atom. The molecule has 0 aliphatic rings. The molecule has 0 fully saturated rings. The maximum absolute atomic E-state index is 12.6. The summed E-state index contributed by atoms with van der Waals surface area (Å²) in [5, 5.41) is 0. The summed E-state index contributed by atoms with van der Waals surface area (Å²) in [4.78, 5) is 0. The van der Waals surface area contributed by atoms with Gasteiger partial charge in [0.05, 0.1) is 9.47 Å². The topological polar surface area (TPSA) is 37.4 Å². The Kier molecular flexibility index (Phi) is 4.32. The van der Waals surface area contributed by atoms with Gasteiger partial charge in [0, 0.05) is 6.54 Å². The SMILES string of the molecule is CCN(c1ccccc1)S(=O)(=O)c1cc(C)c(Br)s1. The molecule has 0 saturated carbocycles. The predicted octanol–water partition coefficient (Wildman–Crippen LogP) is 4.03. The molecular weight excluding hydrogens is 346 g/mol. The van der Waals surface area contributed by atoms with Crippen LogP contribution in [0.25, 0.3) is 0 Å². The fourth-order valence-electron chi connectivity index (χ4n) is 1.75. The Bertz CT molecular complexity index is 646. The number of aryl methyl sites for hydroxylation is 1. The van der Waals surface area contributed by atoms with Crippen molar-refractivity contribution >= 4 is 43.0 Å². The molecule has 2 aromatic rings. The first kappa shape index (κ1) is 14.6. The molecule has 0 saturated heterocycles. The monoisotopic (exact) mass is 359 g/mol. The minimum Gasteiger partial charge on any atom is -0.266 e. The third-order valence-electron chi connectivity index (χ3n) is 2.71. The average Bonchev–Trinajstić information content (AvgIpc) is 2.72. The van der Waals surface area contributed by atoms with Crippen molar-refractivity contribution < 1.29 is 8.42 Å². The van der Waals surface area contributed by atoms with Gasteiger partial charge in [-0.25, -0.2) is 8.42 Å². The van der Waals surface area contributed by atoms with Crippen molar-refractivity contribution in [3.63, 3.8) is 0 Å². The minimum absolute atomic E-state index is 0.363. The van der Waals surface area contributed by atoms with Crippen molar-refractivity contribution in [1.29, 1.82) is 0 Å². The minimum atomic E-state index is -3.48. The van der Waals surface area contributed by atoms with Crippen LogP contribution in [0.1, 0.15) is 12.5 Å². The zero-order chi connectivity index (χ0) is 14.0. The predicted molar refractivity (Wildman–Crippen MR) is 83.4 cm³/mol. The zero-order valence-corrected chi connectivity index (χ0v) is 13.8. The lowest BCUT2D eigenvalue weighted by molar-refractivity contribution is 0.594. The Morgan fingerprint density at radius 1 is 1.26 bits per heavy atom. The number of anilines is 1. The van der Waals surface area contributed by atoms with E-state index < -0.39 is 10.0 Å². The highest BCUT2D eigenvalue weighted by Gasteiger charge is 2.25. The molecule has 3 nitrogen and oxygen atoms in total. The third-order valence-corrected chi connectivity index (χ3v) is 7.20. The number of nitrogens with zero attached hydrogens (tertiary/aromatic N) is 1. The largest absolute Gasteiger partial charge is 0.273 e. The zero-order valence-electron chi connectivity index (χ0n) is 10.6. The summed E-state index contributed by atoms with van der Waals surface area (Å²) in [5.41, 5.74) is 1.62. The standard InChI is InChI=1S/C13H14BrNO2S2/c1-3-15(11-7-5-4-6-8-11)19(16,17)12-9-10(2)13(14)18-12/h4-9H,3H2,1-2H3. The van der Waals surface area contributed by atoms with Gasteiger partial charge in [0.2, 0.25) is 0 Å². The lowest BCUT2D eigenvalue weighted by Crippen LogP contribution is -2.30. The first-order chi connectivity index (χ1) is 8.96. The Hall–Kier alpha value is -0.850. The fraction of sp³-hybridized carbons (Fsp3) is 0.231. The molecule has 1 aromatic heterocycles. The molecule has 0 unspecified atom stereocenters. The van der Waals surface area contributed by atoms with Crippen LogP contribution in [0.4, 0.5) is 5.69 Å². The van der Waals surface area contributed by atoms with Gasteiger partial charge in [-0.05, 0) is 53.5 Å². The first-order valence-corrected chi connectivity index (χ1v) is 8.85. The first-order valence-electron chi connectivity index (χ1n) is 5.80. The molecule has 0 spiro atoms. The number of thiophene rings is 1. The molecule has 19 heavy (non-hydrogen) atoms. The Labute approximate surface area is 126 Å². The van der Waals surface area contributed by atoms with Crippen LogP contribution in [0, 0.1) is 6.92 Å². The highest BCUT2D eigenvalue weighted by Crippen LogP contribution is 2.33. The van der Waals surface area contributed by atoms with Gasteiger partial charge in [0.1, 0.15) is 4.21 Å². The fourth-order valence-corrected chi connectivity index (χ4v) is 5.57. The van der Waals surface area contributed by atoms with E-state index in [0.29, 0.717) is 16.4 Å². The van der Waals surface area contributed by atoms with Gasteiger partial charge in [-0.15, -0.1) is 11.3 Å². The molecule has 6 heteroatoms. The normalized spacial score (nSPS) is 11.5. The van der Waals surface area contributed by atoms with Crippen molar-refractivity contribution in [3.8, 4) is 0 Å². The van der Waals surface area contributed by atoms with Crippen molar-refractivity contribution in [2.75, 3.05) is 10.8 Å². The lowest BCUT2D eigenvalue weighted by atomic mass is 10.3. The van der Waals surface area contributed by atoms with E-state index in [1.165, 1.54) is 15.6 Å². The van der Waals surface area contributed by atoms with Crippen LogP contribution in [0.15, 0.2) is 44.4 Å². The van der Waals surface area contributed by atoms with Crippen LogP contribution >= 0.6 is 27.3 Å². The Balaban J connectivity index is 2.48. The summed E-state index contributed by atoms with van der Waals surface area (Å²) < 4.78 is 27.9. The number of para-hydroxylation sites is 1. The molecule has 102 valence electrons. The number of halogens is 1. The van der Waals surface area contributed by atoms with Gasteiger partial charge in [-0.1, -0.05) is 18.2 Å². The number of rotatable bonds is 4. The molecule has 0 aliphatic carbocycles. The molecule has 0 amide bonds. The summed E-state index contributed by atoms with van der Waals surface area (Å²) >= 11 is 4.62. The second-order valence-electron chi connectivity index (χ2n) is 4.03. The van der Waals surface area contributed by atoms with Crippen LogP contribution in [0.5, 0.6) is 0 Å². The van der Waals surface area contributed by atoms with E-state index in [2.05, 4.69) is 15.9 Å². The van der Waals surface area contributed by atoms with Gasteiger partial charge in [-0.3, -0.25) is 4.31 Å². The van der Waals surface area contributed by atoms with Crippen molar-refractivity contribution in [2.45, 2.75) is 18.1 Å². The highest BCUT2D eigenvalue weighted by molar-refractivity contribution is 9.11. The smallest absolute Gasteiger partial charge is 0.266 e. The number of hydrogen-bond donors (Lipinski definition) is 0. The van der Waals surface area contributed by atoms with Gasteiger partial charge in [0.25, 0.3) is 10.0 Å². The summed E-state index contributed by atoms with van der Waals surface area (Å²) in [6.45, 7) is 4.12. The molecule has 0 atom stereocenters. The van der Waals surface area contributed by atoms with Crippen LogP contribution < -0.4 is 4.31 Å². The molecular formula is C13H14BrNO2S2. The molecule has 0 N–H and O–H groups in total. The van der Waals surface area contributed by atoms with Gasteiger partial charge >= 0.3 is 0 Å². The van der Waals surface area contributed by atoms with E-state index in [0.717, 1.165) is 9.35 Å². The maximum Gasteiger partial charge on any atom is 0.273 e. The third kappa shape index (κ3) is 2.85. The molecule has 1 aromatic carbocycles.